The highest BCUT2D eigenvalue weighted by Crippen LogP contribution is 2.28. The summed E-state index contributed by atoms with van der Waals surface area (Å²) < 4.78 is 20.1. The van der Waals surface area contributed by atoms with E-state index in [2.05, 4.69) is 31.6 Å². The SMILES string of the molecule is CN=C(NCCCOCC1CC1)NCCc1cc(Br)ccc1F.I. The normalized spacial score (nSPS) is 14.2. The lowest BCUT2D eigenvalue weighted by Gasteiger charge is -2.12. The fourth-order valence-electron chi connectivity index (χ4n) is 2.19. The second-order valence-corrected chi connectivity index (χ2v) is 6.70. The molecule has 1 fully saturated rings. The summed E-state index contributed by atoms with van der Waals surface area (Å²) in [5, 5.41) is 6.44. The lowest BCUT2D eigenvalue weighted by atomic mass is 10.1. The van der Waals surface area contributed by atoms with Crippen LogP contribution in [0.25, 0.3) is 0 Å². The third-order valence-electron chi connectivity index (χ3n) is 3.73. The van der Waals surface area contributed by atoms with Crippen molar-refractivity contribution < 1.29 is 9.13 Å². The molecule has 136 valence electrons. The molecular formula is C17H26BrFIN3O. The van der Waals surface area contributed by atoms with Crippen LogP contribution in [0.4, 0.5) is 4.39 Å². The minimum atomic E-state index is -0.175. The Morgan fingerprint density at radius 3 is 2.79 bits per heavy atom. The maximum absolute atomic E-state index is 13.6. The van der Waals surface area contributed by atoms with Crippen molar-refractivity contribution in [1.82, 2.24) is 10.6 Å². The number of ether oxygens (including phenoxy) is 1. The van der Waals surface area contributed by atoms with E-state index in [1.165, 1.54) is 18.9 Å². The highest BCUT2D eigenvalue weighted by atomic mass is 127. The largest absolute Gasteiger partial charge is 0.381 e. The third-order valence-corrected chi connectivity index (χ3v) is 4.22. The number of nitrogens with zero attached hydrogens (tertiary/aromatic N) is 1. The number of nitrogens with one attached hydrogen (secondary N) is 2. The van der Waals surface area contributed by atoms with E-state index in [1.54, 1.807) is 13.1 Å². The van der Waals surface area contributed by atoms with Crippen molar-refractivity contribution in [3.05, 3.63) is 34.1 Å². The highest BCUT2D eigenvalue weighted by molar-refractivity contribution is 14.0. The van der Waals surface area contributed by atoms with Crippen LogP contribution in [0.5, 0.6) is 0 Å². The smallest absolute Gasteiger partial charge is 0.190 e. The molecule has 0 bridgehead atoms. The van der Waals surface area contributed by atoms with Crippen molar-refractivity contribution in [1.29, 1.82) is 0 Å². The standard InChI is InChI=1S/C17H25BrFN3O.HI/c1-20-17(21-8-2-10-23-12-13-3-4-13)22-9-7-14-11-15(18)5-6-16(14)19;/h5-6,11,13H,2-4,7-10,12H2,1H3,(H2,20,21,22);1H. The van der Waals surface area contributed by atoms with Crippen molar-refractivity contribution in [3.63, 3.8) is 0 Å². The van der Waals surface area contributed by atoms with Gasteiger partial charge >= 0.3 is 0 Å². The number of hydrogen-bond donors (Lipinski definition) is 2. The van der Waals surface area contributed by atoms with E-state index in [4.69, 9.17) is 4.74 Å². The third kappa shape index (κ3) is 8.62. The van der Waals surface area contributed by atoms with Gasteiger partial charge in [-0.15, -0.1) is 24.0 Å². The maximum atomic E-state index is 13.6. The van der Waals surface area contributed by atoms with E-state index in [9.17, 15) is 4.39 Å². The molecule has 0 aliphatic heterocycles. The van der Waals surface area contributed by atoms with Crippen LogP contribution in [0.3, 0.4) is 0 Å². The van der Waals surface area contributed by atoms with Gasteiger partial charge in [0.25, 0.3) is 0 Å². The summed E-state index contributed by atoms with van der Waals surface area (Å²) in [5.74, 6) is 1.38. The summed E-state index contributed by atoms with van der Waals surface area (Å²) >= 11 is 3.36. The van der Waals surface area contributed by atoms with Crippen molar-refractivity contribution in [3.8, 4) is 0 Å². The fourth-order valence-corrected chi connectivity index (χ4v) is 2.60. The van der Waals surface area contributed by atoms with Gasteiger partial charge in [-0.1, -0.05) is 15.9 Å². The number of halogens is 3. The van der Waals surface area contributed by atoms with Gasteiger partial charge in [0.05, 0.1) is 0 Å². The predicted octanol–water partition coefficient (Wildman–Crippen LogP) is 3.73. The second kappa shape index (κ2) is 12.0. The lowest BCUT2D eigenvalue weighted by molar-refractivity contribution is 0.123. The summed E-state index contributed by atoms with van der Waals surface area (Å²) in [5.41, 5.74) is 0.691. The molecule has 7 heteroatoms. The zero-order valence-electron chi connectivity index (χ0n) is 14.0. The van der Waals surface area contributed by atoms with E-state index < -0.39 is 0 Å². The van der Waals surface area contributed by atoms with Crippen molar-refractivity contribution in [2.45, 2.75) is 25.7 Å². The van der Waals surface area contributed by atoms with Gasteiger partial charge in [0.1, 0.15) is 5.82 Å². The van der Waals surface area contributed by atoms with Crippen LogP contribution in [-0.4, -0.2) is 39.3 Å². The van der Waals surface area contributed by atoms with Crippen LogP contribution in [-0.2, 0) is 11.2 Å². The average Bonchev–Trinajstić information content (AvgIpc) is 3.36. The molecule has 0 aromatic heterocycles. The molecule has 0 heterocycles. The molecule has 0 spiro atoms. The van der Waals surface area contributed by atoms with Crippen LogP contribution in [0, 0.1) is 11.7 Å². The number of rotatable bonds is 9. The van der Waals surface area contributed by atoms with Crippen molar-refractivity contribution in [2.24, 2.45) is 10.9 Å². The van der Waals surface area contributed by atoms with Gasteiger partial charge < -0.3 is 15.4 Å². The molecule has 1 saturated carbocycles. The van der Waals surface area contributed by atoms with Crippen molar-refractivity contribution >= 4 is 45.9 Å². The second-order valence-electron chi connectivity index (χ2n) is 5.78. The molecule has 2 rings (SSSR count). The van der Waals surface area contributed by atoms with Crippen LogP contribution in [0.1, 0.15) is 24.8 Å². The van der Waals surface area contributed by atoms with Gasteiger partial charge in [-0.3, -0.25) is 4.99 Å². The van der Waals surface area contributed by atoms with Crippen LogP contribution >= 0.6 is 39.9 Å². The first-order chi connectivity index (χ1) is 11.2. The topological polar surface area (TPSA) is 45.7 Å². The van der Waals surface area contributed by atoms with E-state index >= 15 is 0 Å². The molecule has 0 saturated heterocycles. The zero-order valence-corrected chi connectivity index (χ0v) is 17.9. The van der Waals surface area contributed by atoms with Gasteiger partial charge in [-0.05, 0) is 55.4 Å². The minimum Gasteiger partial charge on any atom is -0.381 e. The maximum Gasteiger partial charge on any atom is 0.190 e. The first kappa shape index (κ1) is 21.6. The molecule has 2 N–H and O–H groups in total. The molecular weight excluding hydrogens is 488 g/mol. The zero-order chi connectivity index (χ0) is 16.5. The van der Waals surface area contributed by atoms with E-state index in [0.29, 0.717) is 18.5 Å². The van der Waals surface area contributed by atoms with Gasteiger partial charge in [0.2, 0.25) is 0 Å². The van der Waals surface area contributed by atoms with Crippen LogP contribution in [0.2, 0.25) is 0 Å². The highest BCUT2D eigenvalue weighted by Gasteiger charge is 2.20. The number of guanidine groups is 1. The Hall–Kier alpha value is -0.410. The Labute approximate surface area is 169 Å². The number of hydrogen-bond acceptors (Lipinski definition) is 2. The summed E-state index contributed by atoms with van der Waals surface area (Å²) in [6.45, 7) is 3.13. The summed E-state index contributed by atoms with van der Waals surface area (Å²) in [4.78, 5) is 4.17. The van der Waals surface area contributed by atoms with E-state index in [-0.39, 0.29) is 29.8 Å². The molecule has 0 radical (unpaired) electrons. The molecule has 0 atom stereocenters. The molecule has 4 nitrogen and oxygen atoms in total. The Bertz CT molecular complexity index is 527. The average molecular weight is 514 g/mol. The van der Waals surface area contributed by atoms with E-state index in [1.807, 2.05) is 6.07 Å². The minimum absolute atomic E-state index is 0. The van der Waals surface area contributed by atoms with Crippen molar-refractivity contribution in [2.75, 3.05) is 33.4 Å². The van der Waals surface area contributed by atoms with Crippen LogP contribution < -0.4 is 10.6 Å². The van der Waals surface area contributed by atoms with Gasteiger partial charge in [0.15, 0.2) is 5.96 Å². The summed E-state index contributed by atoms with van der Waals surface area (Å²) in [7, 11) is 1.73. The molecule has 1 aromatic carbocycles. The number of benzene rings is 1. The fraction of sp³-hybridized carbons (Fsp3) is 0.588. The first-order valence-electron chi connectivity index (χ1n) is 8.15. The quantitative estimate of drug-likeness (QED) is 0.229. The monoisotopic (exact) mass is 513 g/mol. The Kier molecular flexibility index (Phi) is 10.8. The molecule has 1 aromatic rings. The Balaban J connectivity index is 0.00000288. The lowest BCUT2D eigenvalue weighted by Crippen LogP contribution is -2.39. The van der Waals surface area contributed by atoms with Gasteiger partial charge in [-0.25, -0.2) is 4.39 Å². The Morgan fingerprint density at radius 2 is 2.08 bits per heavy atom. The Morgan fingerprint density at radius 1 is 1.33 bits per heavy atom. The number of aliphatic imine (C=N–C) groups is 1. The first-order valence-corrected chi connectivity index (χ1v) is 8.94. The molecule has 0 unspecified atom stereocenters. The predicted molar refractivity (Wildman–Crippen MR) is 111 cm³/mol. The van der Waals surface area contributed by atoms with Crippen LogP contribution in [0.15, 0.2) is 27.7 Å². The van der Waals surface area contributed by atoms with E-state index in [0.717, 1.165) is 42.5 Å². The molecule has 1 aliphatic carbocycles. The van der Waals surface area contributed by atoms with Gasteiger partial charge in [-0.2, -0.15) is 0 Å². The molecule has 1 aliphatic rings. The summed E-state index contributed by atoms with van der Waals surface area (Å²) in [6, 6.07) is 5.00. The molecule has 0 amide bonds. The summed E-state index contributed by atoms with van der Waals surface area (Å²) in [6.07, 6.45) is 4.21. The molecule has 24 heavy (non-hydrogen) atoms. The van der Waals surface area contributed by atoms with Gasteiger partial charge in [0, 0.05) is 37.8 Å².